The first kappa shape index (κ1) is 28.1. The number of carbonyl (C=O) groups is 3. The number of rotatable bonds is 10. The summed E-state index contributed by atoms with van der Waals surface area (Å²) in [5.41, 5.74) is 1.21. The average molecular weight is 569 g/mol. The minimum atomic E-state index is -0.881. The van der Waals surface area contributed by atoms with Crippen LogP contribution >= 0.6 is 11.8 Å². The Balaban J connectivity index is 1.40. The molecule has 4 aromatic carbocycles. The molecule has 8 heteroatoms. The minimum absolute atomic E-state index is 0.0876. The van der Waals surface area contributed by atoms with Gasteiger partial charge in [0, 0.05) is 0 Å². The van der Waals surface area contributed by atoms with Crippen molar-refractivity contribution < 1.29 is 33.3 Å². The molecule has 0 N–H and O–H groups in total. The van der Waals surface area contributed by atoms with E-state index in [-0.39, 0.29) is 13.2 Å². The van der Waals surface area contributed by atoms with E-state index in [0.717, 1.165) is 5.56 Å². The third-order valence-electron chi connectivity index (χ3n) is 6.43. The lowest BCUT2D eigenvalue weighted by molar-refractivity contribution is -0.0860. The highest BCUT2D eigenvalue weighted by Crippen LogP contribution is 2.40. The molecule has 0 amide bonds. The molecule has 1 unspecified atom stereocenters. The number of hydrogen-bond donors (Lipinski definition) is 0. The largest absolute Gasteiger partial charge is 0.461 e. The van der Waals surface area contributed by atoms with Gasteiger partial charge in [0.05, 0.1) is 28.5 Å². The normalized spacial score (nSPS) is 19.7. The predicted octanol–water partition coefficient (Wildman–Crippen LogP) is 5.95. The lowest BCUT2D eigenvalue weighted by Gasteiger charge is -2.26. The Bertz CT molecular complexity index is 1430. The standard InChI is InChI=1S/C33H28O7S/c34-30(24-15-7-2-8-16-24)38-22-27-28(39-31(35)25-17-9-3-10-18-25)29(37-21-23-13-5-1-6-14-23)33(41-27)40-32(36)26-19-11-4-12-20-26/h1-20,27-29,33H,21-22H2/t27-,28-,29-,33?/m1/s1. The van der Waals surface area contributed by atoms with Crippen LogP contribution in [0.4, 0.5) is 0 Å². The van der Waals surface area contributed by atoms with Crippen molar-refractivity contribution in [2.45, 2.75) is 29.5 Å². The topological polar surface area (TPSA) is 88.1 Å². The second-order valence-electron chi connectivity index (χ2n) is 9.28. The molecule has 0 saturated carbocycles. The van der Waals surface area contributed by atoms with Crippen LogP contribution < -0.4 is 0 Å². The first-order valence-electron chi connectivity index (χ1n) is 13.1. The van der Waals surface area contributed by atoms with Gasteiger partial charge in [-0.1, -0.05) is 84.9 Å². The Labute approximate surface area is 242 Å². The summed E-state index contributed by atoms with van der Waals surface area (Å²) in [6, 6.07) is 35.4. The summed E-state index contributed by atoms with van der Waals surface area (Å²) >= 11 is 1.24. The van der Waals surface area contributed by atoms with E-state index in [1.165, 1.54) is 11.8 Å². The maximum absolute atomic E-state index is 13.2. The van der Waals surface area contributed by atoms with Gasteiger partial charge in [-0.3, -0.25) is 0 Å². The van der Waals surface area contributed by atoms with E-state index >= 15 is 0 Å². The SMILES string of the molecule is O=C(OC[C@H]1SC(OC(=O)c2ccccc2)[C@H](OCc2ccccc2)[C@@H]1OC(=O)c1ccccc1)c1ccccc1. The van der Waals surface area contributed by atoms with Crippen LogP contribution in [0, 0.1) is 0 Å². The smallest absolute Gasteiger partial charge is 0.339 e. The molecular formula is C33H28O7S. The predicted molar refractivity (Wildman–Crippen MR) is 154 cm³/mol. The molecule has 1 aliphatic heterocycles. The number of esters is 3. The second kappa shape index (κ2) is 13.8. The van der Waals surface area contributed by atoms with Crippen molar-refractivity contribution in [3.05, 3.63) is 144 Å². The zero-order chi connectivity index (χ0) is 28.4. The van der Waals surface area contributed by atoms with Crippen LogP contribution in [-0.4, -0.2) is 47.4 Å². The molecule has 0 radical (unpaired) electrons. The van der Waals surface area contributed by atoms with Gasteiger partial charge in [-0.15, -0.1) is 11.8 Å². The second-order valence-corrected chi connectivity index (χ2v) is 10.6. The molecular weight excluding hydrogens is 540 g/mol. The number of benzene rings is 4. The van der Waals surface area contributed by atoms with Crippen molar-refractivity contribution in [3.8, 4) is 0 Å². The Kier molecular flexibility index (Phi) is 9.46. The molecule has 4 atom stereocenters. The van der Waals surface area contributed by atoms with Crippen LogP contribution in [0.15, 0.2) is 121 Å². The molecule has 7 nitrogen and oxygen atoms in total. The van der Waals surface area contributed by atoms with E-state index in [1.54, 1.807) is 78.9 Å². The van der Waals surface area contributed by atoms with Gasteiger partial charge in [0.2, 0.25) is 0 Å². The molecule has 4 aromatic rings. The van der Waals surface area contributed by atoms with Crippen LogP contribution in [-0.2, 0) is 25.6 Å². The first-order chi connectivity index (χ1) is 20.1. The number of ether oxygens (including phenoxy) is 4. The van der Waals surface area contributed by atoms with Gasteiger partial charge in [0.1, 0.15) is 18.8 Å². The zero-order valence-corrected chi connectivity index (χ0v) is 22.9. The molecule has 0 aliphatic carbocycles. The highest BCUT2D eigenvalue weighted by molar-refractivity contribution is 8.00. The van der Waals surface area contributed by atoms with Crippen LogP contribution in [0.1, 0.15) is 36.6 Å². The molecule has 1 heterocycles. The molecule has 0 bridgehead atoms. The summed E-state index contributed by atoms with van der Waals surface area (Å²) in [4.78, 5) is 39.0. The average Bonchev–Trinajstić information content (AvgIpc) is 3.35. The van der Waals surface area contributed by atoms with E-state index in [9.17, 15) is 14.4 Å². The molecule has 0 spiro atoms. The molecule has 1 aliphatic rings. The fourth-order valence-corrected chi connectivity index (χ4v) is 5.72. The highest BCUT2D eigenvalue weighted by Gasteiger charge is 2.50. The third-order valence-corrected chi connectivity index (χ3v) is 7.81. The molecule has 41 heavy (non-hydrogen) atoms. The van der Waals surface area contributed by atoms with Gasteiger partial charge in [-0.25, -0.2) is 14.4 Å². The van der Waals surface area contributed by atoms with Gasteiger partial charge < -0.3 is 18.9 Å². The Morgan fingerprint density at radius 2 is 1.02 bits per heavy atom. The Hall–Kier alpha value is -4.40. The lowest BCUT2D eigenvalue weighted by atomic mass is 10.1. The van der Waals surface area contributed by atoms with Crippen molar-refractivity contribution >= 4 is 29.7 Å². The maximum atomic E-state index is 13.2. The highest BCUT2D eigenvalue weighted by atomic mass is 32.2. The molecule has 5 rings (SSSR count). The van der Waals surface area contributed by atoms with E-state index in [1.807, 2.05) is 42.5 Å². The van der Waals surface area contributed by atoms with Crippen molar-refractivity contribution in [3.63, 3.8) is 0 Å². The third kappa shape index (κ3) is 7.42. The van der Waals surface area contributed by atoms with Gasteiger partial charge in [0.25, 0.3) is 0 Å². The zero-order valence-electron chi connectivity index (χ0n) is 22.0. The quantitative estimate of drug-likeness (QED) is 0.171. The summed E-state index contributed by atoms with van der Waals surface area (Å²) in [6.07, 6.45) is -1.71. The first-order valence-corrected chi connectivity index (χ1v) is 14.1. The monoisotopic (exact) mass is 568 g/mol. The van der Waals surface area contributed by atoms with Crippen LogP contribution in [0.3, 0.4) is 0 Å². The molecule has 0 aromatic heterocycles. The van der Waals surface area contributed by atoms with Crippen molar-refractivity contribution in [2.24, 2.45) is 0 Å². The summed E-state index contributed by atoms with van der Waals surface area (Å²) in [5, 5.41) is -0.565. The number of hydrogen-bond acceptors (Lipinski definition) is 8. The van der Waals surface area contributed by atoms with Gasteiger partial charge in [0.15, 0.2) is 5.44 Å². The van der Waals surface area contributed by atoms with E-state index in [2.05, 4.69) is 0 Å². The summed E-state index contributed by atoms with van der Waals surface area (Å²) < 4.78 is 23.8. The van der Waals surface area contributed by atoms with E-state index in [0.29, 0.717) is 16.7 Å². The fourth-order valence-electron chi connectivity index (χ4n) is 4.33. The summed E-state index contributed by atoms with van der Waals surface area (Å²) in [5.74, 6) is -1.60. The van der Waals surface area contributed by atoms with Gasteiger partial charge in [-0.05, 0) is 42.0 Å². The van der Waals surface area contributed by atoms with Crippen molar-refractivity contribution in [1.82, 2.24) is 0 Å². The Morgan fingerprint density at radius 1 is 0.561 bits per heavy atom. The van der Waals surface area contributed by atoms with Crippen molar-refractivity contribution in [2.75, 3.05) is 6.61 Å². The summed E-state index contributed by atoms with van der Waals surface area (Å²) in [7, 11) is 0. The van der Waals surface area contributed by atoms with Gasteiger partial charge in [-0.2, -0.15) is 0 Å². The van der Waals surface area contributed by atoms with Crippen LogP contribution in [0.2, 0.25) is 0 Å². The Morgan fingerprint density at radius 3 is 1.56 bits per heavy atom. The molecule has 208 valence electrons. The maximum Gasteiger partial charge on any atom is 0.339 e. The minimum Gasteiger partial charge on any atom is -0.461 e. The lowest BCUT2D eigenvalue weighted by Crippen LogP contribution is -2.41. The van der Waals surface area contributed by atoms with E-state index in [4.69, 9.17) is 18.9 Å². The number of carbonyl (C=O) groups excluding carboxylic acids is 3. The van der Waals surface area contributed by atoms with Gasteiger partial charge >= 0.3 is 17.9 Å². The molecule has 1 fully saturated rings. The number of thioether (sulfide) groups is 1. The van der Waals surface area contributed by atoms with Crippen LogP contribution in [0.25, 0.3) is 0 Å². The van der Waals surface area contributed by atoms with Crippen molar-refractivity contribution in [1.29, 1.82) is 0 Å². The van der Waals surface area contributed by atoms with Crippen LogP contribution in [0.5, 0.6) is 0 Å². The molecule has 1 saturated heterocycles. The summed E-state index contributed by atoms with van der Waals surface area (Å²) in [6.45, 7) is 0.108. The fraction of sp³-hybridized carbons (Fsp3) is 0.182. The van der Waals surface area contributed by atoms with E-state index < -0.39 is 40.8 Å².